The Hall–Kier alpha value is -1.13. The molecule has 1 heterocycles. The molecule has 0 N–H and O–H groups in total. The summed E-state index contributed by atoms with van der Waals surface area (Å²) in [5.41, 5.74) is 0.555. The van der Waals surface area contributed by atoms with Crippen LogP contribution < -0.4 is 0 Å². The van der Waals surface area contributed by atoms with Crippen LogP contribution >= 0.6 is 38.5 Å². The van der Waals surface area contributed by atoms with Crippen molar-refractivity contribution < 1.29 is 17.9 Å². The average Bonchev–Trinajstić information content (AvgIpc) is 3.02. The zero-order valence-electron chi connectivity index (χ0n) is 13.4. The van der Waals surface area contributed by atoms with E-state index in [-0.39, 0.29) is 9.49 Å². The van der Waals surface area contributed by atoms with Gasteiger partial charge in [0, 0.05) is 16.1 Å². The first-order valence-electron chi connectivity index (χ1n) is 7.36. The van der Waals surface area contributed by atoms with Crippen molar-refractivity contribution in [3.63, 3.8) is 0 Å². The number of benzene rings is 1. The van der Waals surface area contributed by atoms with Gasteiger partial charge >= 0.3 is 5.97 Å². The summed E-state index contributed by atoms with van der Waals surface area (Å²) in [7, 11) is -2.56. The van der Waals surface area contributed by atoms with Gasteiger partial charge < -0.3 is 4.74 Å². The molecule has 0 aliphatic heterocycles. The first-order valence-corrected chi connectivity index (χ1v) is 10.8. The van der Waals surface area contributed by atoms with Gasteiger partial charge in [0.25, 0.3) is 0 Å². The third kappa shape index (κ3) is 2.87. The molecule has 0 bridgehead atoms. The first kappa shape index (κ1) is 18.7. The topological polar surface area (TPSA) is 65.4 Å². The molecule has 3 rings (SSSR count). The van der Waals surface area contributed by atoms with E-state index in [0.717, 1.165) is 4.48 Å². The van der Waals surface area contributed by atoms with Crippen molar-refractivity contribution >= 4 is 65.4 Å². The number of rotatable bonds is 3. The summed E-state index contributed by atoms with van der Waals surface area (Å²) in [4.78, 5) is 12.1. The SMILES string of the molecule is COC(=O)c1cccc2ccn(S(=O)(=O)C3(C)C=CC(Br)=CC3I)c12. The number of ether oxygens (including phenoxy) is 1. The molecule has 0 radical (unpaired) electrons. The van der Waals surface area contributed by atoms with Crippen molar-refractivity contribution in [3.05, 3.63) is 58.7 Å². The second kappa shape index (κ2) is 6.55. The maximum absolute atomic E-state index is 13.5. The molecule has 0 saturated heterocycles. The molecule has 0 saturated carbocycles. The van der Waals surface area contributed by atoms with Crippen molar-refractivity contribution in [1.29, 1.82) is 0 Å². The number of carbonyl (C=O) groups is 1. The minimum Gasteiger partial charge on any atom is -0.465 e. The molecule has 132 valence electrons. The fourth-order valence-electron chi connectivity index (χ4n) is 2.78. The van der Waals surface area contributed by atoms with Gasteiger partial charge in [0.2, 0.25) is 10.0 Å². The minimum atomic E-state index is -3.83. The molecule has 0 fully saturated rings. The quantitative estimate of drug-likeness (QED) is 0.338. The standard InChI is InChI=1S/C17H15BrINO4S/c1-17(8-6-12(18)10-14(17)19)25(22,23)20-9-7-11-4-3-5-13(15(11)20)16(21)24-2/h3-10,14H,1-2H3. The number of carbonyl (C=O) groups excluding carboxylic acids is 1. The molecule has 8 heteroatoms. The number of halogens is 2. The van der Waals surface area contributed by atoms with Crippen LogP contribution in [-0.2, 0) is 14.8 Å². The van der Waals surface area contributed by atoms with Gasteiger partial charge in [0.1, 0.15) is 4.75 Å². The highest BCUT2D eigenvalue weighted by Crippen LogP contribution is 2.38. The monoisotopic (exact) mass is 535 g/mol. The second-order valence-electron chi connectivity index (χ2n) is 5.82. The Bertz CT molecular complexity index is 1020. The van der Waals surface area contributed by atoms with Crippen LogP contribution in [0.3, 0.4) is 0 Å². The van der Waals surface area contributed by atoms with E-state index < -0.39 is 20.7 Å². The Morgan fingerprint density at radius 3 is 2.72 bits per heavy atom. The third-order valence-corrected chi connectivity index (χ3v) is 9.25. The van der Waals surface area contributed by atoms with E-state index in [1.54, 1.807) is 43.3 Å². The number of aromatic nitrogens is 1. The van der Waals surface area contributed by atoms with Crippen LogP contribution in [0.25, 0.3) is 10.9 Å². The van der Waals surface area contributed by atoms with E-state index >= 15 is 0 Å². The van der Waals surface area contributed by atoms with Gasteiger partial charge in [0.15, 0.2) is 0 Å². The van der Waals surface area contributed by atoms with Gasteiger partial charge in [-0.15, -0.1) is 0 Å². The Morgan fingerprint density at radius 2 is 2.08 bits per heavy atom. The summed E-state index contributed by atoms with van der Waals surface area (Å²) in [5, 5.41) is 0.664. The Balaban J connectivity index is 2.26. The Morgan fingerprint density at radius 1 is 1.36 bits per heavy atom. The Kier molecular flexibility index (Phi) is 4.89. The number of fused-ring (bicyclic) bond motifs is 1. The fourth-order valence-corrected chi connectivity index (χ4v) is 6.91. The van der Waals surface area contributed by atoms with Crippen LogP contribution in [0.1, 0.15) is 17.3 Å². The lowest BCUT2D eigenvalue weighted by molar-refractivity contribution is 0.0602. The second-order valence-corrected chi connectivity index (χ2v) is 10.3. The molecule has 0 amide bonds. The van der Waals surface area contributed by atoms with E-state index in [0.29, 0.717) is 10.9 Å². The predicted octanol–water partition coefficient (Wildman–Crippen LogP) is 4.02. The number of hydrogen-bond donors (Lipinski definition) is 0. The lowest BCUT2D eigenvalue weighted by Crippen LogP contribution is -2.45. The van der Waals surface area contributed by atoms with Crippen LogP contribution in [0.5, 0.6) is 0 Å². The highest BCUT2D eigenvalue weighted by atomic mass is 127. The number of alkyl halides is 1. The highest BCUT2D eigenvalue weighted by molar-refractivity contribution is 14.1. The third-order valence-electron chi connectivity index (χ3n) is 4.32. The molecule has 0 spiro atoms. The first-order chi connectivity index (χ1) is 11.7. The normalized spacial score (nSPS) is 23.5. The van der Waals surface area contributed by atoms with Crippen molar-refractivity contribution in [2.24, 2.45) is 0 Å². The van der Waals surface area contributed by atoms with E-state index in [1.807, 2.05) is 6.08 Å². The smallest absolute Gasteiger partial charge is 0.340 e. The van der Waals surface area contributed by atoms with Crippen LogP contribution in [0, 0.1) is 0 Å². The molecule has 1 aliphatic rings. The highest BCUT2D eigenvalue weighted by Gasteiger charge is 2.45. The van der Waals surface area contributed by atoms with Gasteiger partial charge in [-0.3, -0.25) is 0 Å². The molecule has 2 atom stereocenters. The van der Waals surface area contributed by atoms with Crippen LogP contribution in [0.2, 0.25) is 0 Å². The molecule has 1 aromatic heterocycles. The minimum absolute atomic E-state index is 0.221. The van der Waals surface area contributed by atoms with E-state index in [2.05, 4.69) is 38.5 Å². The molecule has 1 aliphatic carbocycles. The van der Waals surface area contributed by atoms with Crippen molar-refractivity contribution in [2.75, 3.05) is 7.11 Å². The molecule has 5 nitrogen and oxygen atoms in total. The summed E-state index contributed by atoms with van der Waals surface area (Å²) >= 11 is 5.49. The summed E-state index contributed by atoms with van der Waals surface area (Å²) in [6, 6.07) is 6.72. The Labute approximate surface area is 168 Å². The lowest BCUT2D eigenvalue weighted by atomic mass is 10.0. The number of hydrogen-bond acceptors (Lipinski definition) is 4. The van der Waals surface area contributed by atoms with Gasteiger partial charge in [-0.2, -0.15) is 0 Å². The number of nitrogens with zero attached hydrogens (tertiary/aromatic N) is 1. The molecular formula is C17H15BrINO4S. The lowest BCUT2D eigenvalue weighted by Gasteiger charge is -2.32. The van der Waals surface area contributed by atoms with Crippen LogP contribution in [-0.4, -0.2) is 34.1 Å². The zero-order valence-corrected chi connectivity index (χ0v) is 18.0. The number of methoxy groups -OCH3 is 1. The zero-order chi connectivity index (χ0) is 18.4. The van der Waals surface area contributed by atoms with E-state index in [9.17, 15) is 13.2 Å². The van der Waals surface area contributed by atoms with Gasteiger partial charge in [-0.05, 0) is 19.1 Å². The van der Waals surface area contributed by atoms with Crippen molar-refractivity contribution in [3.8, 4) is 0 Å². The van der Waals surface area contributed by atoms with E-state index in [1.165, 1.54) is 17.3 Å². The molecule has 2 aromatic rings. The summed E-state index contributed by atoms with van der Waals surface area (Å²) in [5.74, 6) is -0.571. The van der Waals surface area contributed by atoms with Crippen LogP contribution in [0.4, 0.5) is 0 Å². The van der Waals surface area contributed by atoms with Gasteiger partial charge in [0.05, 0.1) is 22.1 Å². The van der Waals surface area contributed by atoms with Crippen molar-refractivity contribution in [1.82, 2.24) is 3.97 Å². The van der Waals surface area contributed by atoms with Gasteiger partial charge in [-0.1, -0.05) is 68.9 Å². The summed E-state index contributed by atoms with van der Waals surface area (Å²) in [6.45, 7) is 1.68. The van der Waals surface area contributed by atoms with Gasteiger partial charge in [-0.25, -0.2) is 17.2 Å². The van der Waals surface area contributed by atoms with Crippen LogP contribution in [0.15, 0.2) is 53.2 Å². The number of allylic oxidation sites excluding steroid dienone is 3. The predicted molar refractivity (Wildman–Crippen MR) is 110 cm³/mol. The molecule has 2 unspecified atom stereocenters. The maximum Gasteiger partial charge on any atom is 0.340 e. The summed E-state index contributed by atoms with van der Waals surface area (Å²) < 4.78 is 32.4. The molecule has 25 heavy (non-hydrogen) atoms. The fraction of sp³-hybridized carbons (Fsp3) is 0.235. The largest absolute Gasteiger partial charge is 0.465 e. The summed E-state index contributed by atoms with van der Waals surface area (Å²) in [6.07, 6.45) is 6.75. The van der Waals surface area contributed by atoms with Crippen molar-refractivity contribution in [2.45, 2.75) is 15.6 Å². The van der Waals surface area contributed by atoms with E-state index in [4.69, 9.17) is 4.74 Å². The maximum atomic E-state index is 13.5. The molecular weight excluding hydrogens is 521 g/mol. The number of esters is 1. The molecule has 1 aromatic carbocycles. The number of para-hydroxylation sites is 1. The average molecular weight is 536 g/mol.